The number of hydrogen-bond acceptors (Lipinski definition) is 5. The molecule has 2 N–H and O–H groups in total. The van der Waals surface area contributed by atoms with Crippen molar-refractivity contribution in [2.45, 2.75) is 45.2 Å². The first kappa shape index (κ1) is 25.3. The molecule has 3 heterocycles. The summed E-state index contributed by atoms with van der Waals surface area (Å²) in [6.45, 7) is 10.2. The minimum atomic E-state index is 0. The first-order valence-corrected chi connectivity index (χ1v) is 11.2. The van der Waals surface area contributed by atoms with Crippen LogP contribution in [-0.2, 0) is 16.0 Å². The number of aromatic nitrogens is 1. The lowest BCUT2D eigenvalue weighted by Crippen LogP contribution is -2.48. The predicted octanol–water partition coefficient (Wildman–Crippen LogP) is 2.66. The minimum Gasteiger partial charge on any atom is -0.381 e. The van der Waals surface area contributed by atoms with Gasteiger partial charge in [-0.3, -0.25) is 14.9 Å². The van der Waals surface area contributed by atoms with Crippen molar-refractivity contribution in [2.24, 2.45) is 10.9 Å². The fraction of sp³-hybridized carbons (Fsp3) is 0.727. The average Bonchev–Trinajstić information content (AvgIpc) is 3.26. The second-order valence-electron chi connectivity index (χ2n) is 7.93. The molecule has 7 nitrogen and oxygen atoms in total. The van der Waals surface area contributed by atoms with Gasteiger partial charge >= 0.3 is 0 Å². The molecule has 2 aliphatic rings. The van der Waals surface area contributed by atoms with Crippen LogP contribution in [0.1, 0.15) is 38.3 Å². The van der Waals surface area contributed by atoms with Crippen molar-refractivity contribution < 1.29 is 9.47 Å². The molecule has 0 aliphatic carbocycles. The fourth-order valence-electron chi connectivity index (χ4n) is 3.79. The van der Waals surface area contributed by atoms with E-state index >= 15 is 0 Å². The molecular formula is C22H38IN5O2. The Labute approximate surface area is 198 Å². The molecule has 2 saturated heterocycles. The lowest BCUT2D eigenvalue weighted by molar-refractivity contribution is 0.0893. The molecule has 2 fully saturated rings. The van der Waals surface area contributed by atoms with Crippen LogP contribution in [-0.4, -0.2) is 74.5 Å². The van der Waals surface area contributed by atoms with Crippen molar-refractivity contribution in [3.05, 3.63) is 30.1 Å². The highest BCUT2D eigenvalue weighted by Crippen LogP contribution is 2.13. The van der Waals surface area contributed by atoms with Crippen LogP contribution < -0.4 is 10.6 Å². The first-order valence-electron chi connectivity index (χ1n) is 11.2. The highest BCUT2D eigenvalue weighted by molar-refractivity contribution is 14.0. The largest absolute Gasteiger partial charge is 0.381 e. The van der Waals surface area contributed by atoms with Crippen LogP contribution >= 0.6 is 24.0 Å². The average molecular weight is 531 g/mol. The number of guanidine groups is 1. The summed E-state index contributed by atoms with van der Waals surface area (Å²) in [5, 5.41) is 6.99. The molecule has 0 amide bonds. The molecule has 0 aromatic carbocycles. The van der Waals surface area contributed by atoms with Crippen LogP contribution in [0.15, 0.2) is 29.4 Å². The van der Waals surface area contributed by atoms with Crippen molar-refractivity contribution in [2.75, 3.05) is 52.6 Å². The molecule has 2 aliphatic heterocycles. The molecule has 1 aromatic heterocycles. The Morgan fingerprint density at radius 3 is 2.87 bits per heavy atom. The molecule has 1 atom stereocenters. The zero-order valence-electron chi connectivity index (χ0n) is 18.2. The highest BCUT2D eigenvalue weighted by Gasteiger charge is 2.20. The maximum absolute atomic E-state index is 5.77. The van der Waals surface area contributed by atoms with Crippen LogP contribution in [0.4, 0.5) is 0 Å². The summed E-state index contributed by atoms with van der Waals surface area (Å²) in [5.41, 5.74) is 1.15. The highest BCUT2D eigenvalue weighted by atomic mass is 127. The second kappa shape index (κ2) is 14.9. The van der Waals surface area contributed by atoms with Gasteiger partial charge in [0.05, 0.1) is 18.9 Å². The minimum absolute atomic E-state index is 0. The molecule has 0 saturated carbocycles. The number of pyridine rings is 1. The van der Waals surface area contributed by atoms with Gasteiger partial charge in [-0.1, -0.05) is 6.07 Å². The topological polar surface area (TPSA) is 71.0 Å². The van der Waals surface area contributed by atoms with Gasteiger partial charge in [0.1, 0.15) is 0 Å². The van der Waals surface area contributed by atoms with Gasteiger partial charge in [-0.2, -0.15) is 0 Å². The maximum atomic E-state index is 5.77. The van der Waals surface area contributed by atoms with Crippen LogP contribution in [0.2, 0.25) is 0 Å². The smallest absolute Gasteiger partial charge is 0.191 e. The molecule has 8 heteroatoms. The van der Waals surface area contributed by atoms with Crippen LogP contribution in [0, 0.1) is 5.92 Å². The summed E-state index contributed by atoms with van der Waals surface area (Å²) >= 11 is 0. The van der Waals surface area contributed by atoms with E-state index in [1.54, 1.807) is 0 Å². The number of rotatable bonds is 10. The number of halogens is 1. The quantitative estimate of drug-likeness (QED) is 0.210. The van der Waals surface area contributed by atoms with E-state index < -0.39 is 0 Å². The SMILES string of the molecule is CCNC(=NCCCOCC1CCOC1)NC1CCN(Cc2ccccn2)CC1.I. The number of nitrogens with one attached hydrogen (secondary N) is 2. The van der Waals surface area contributed by atoms with Crippen LogP contribution in [0.25, 0.3) is 0 Å². The Hall–Kier alpha value is -0.970. The molecule has 1 aromatic rings. The van der Waals surface area contributed by atoms with Crippen molar-refractivity contribution in [1.29, 1.82) is 0 Å². The van der Waals surface area contributed by atoms with E-state index in [1.807, 2.05) is 12.3 Å². The summed E-state index contributed by atoms with van der Waals surface area (Å²) in [5.74, 6) is 1.51. The van der Waals surface area contributed by atoms with Crippen molar-refractivity contribution >= 4 is 29.9 Å². The number of hydrogen-bond donors (Lipinski definition) is 2. The number of likely N-dealkylation sites (tertiary alicyclic amines) is 1. The van der Waals surface area contributed by atoms with Crippen molar-refractivity contribution in [3.8, 4) is 0 Å². The molecule has 30 heavy (non-hydrogen) atoms. The van der Waals surface area contributed by atoms with Crippen molar-refractivity contribution in [1.82, 2.24) is 20.5 Å². The van der Waals surface area contributed by atoms with Crippen molar-refractivity contribution in [3.63, 3.8) is 0 Å². The third-order valence-corrected chi connectivity index (χ3v) is 5.48. The first-order chi connectivity index (χ1) is 14.3. The summed E-state index contributed by atoms with van der Waals surface area (Å²) in [6, 6.07) is 6.61. The second-order valence-corrected chi connectivity index (χ2v) is 7.93. The van der Waals surface area contributed by atoms with Gasteiger partial charge < -0.3 is 20.1 Å². The molecule has 0 bridgehead atoms. The van der Waals surface area contributed by atoms with E-state index in [2.05, 4.69) is 39.6 Å². The number of aliphatic imine (C=N–C) groups is 1. The van der Waals surface area contributed by atoms with E-state index in [0.29, 0.717) is 12.0 Å². The molecular weight excluding hydrogens is 493 g/mol. The van der Waals surface area contributed by atoms with Gasteiger partial charge in [0.25, 0.3) is 0 Å². The van der Waals surface area contributed by atoms with E-state index in [1.165, 1.54) is 0 Å². The number of piperidine rings is 1. The molecule has 1 unspecified atom stereocenters. The molecule has 170 valence electrons. The van der Waals surface area contributed by atoms with E-state index in [-0.39, 0.29) is 24.0 Å². The predicted molar refractivity (Wildman–Crippen MR) is 131 cm³/mol. The summed E-state index contributed by atoms with van der Waals surface area (Å²) < 4.78 is 11.1. The van der Waals surface area contributed by atoms with Gasteiger partial charge in [-0.05, 0) is 44.7 Å². The maximum Gasteiger partial charge on any atom is 0.191 e. The van der Waals surface area contributed by atoms with E-state index in [0.717, 1.165) is 96.5 Å². The van der Waals surface area contributed by atoms with E-state index in [4.69, 9.17) is 14.5 Å². The zero-order chi connectivity index (χ0) is 20.2. The van der Waals surface area contributed by atoms with E-state index in [9.17, 15) is 0 Å². The number of ether oxygens (including phenoxy) is 2. The Balaban J connectivity index is 0.00000320. The lowest BCUT2D eigenvalue weighted by Gasteiger charge is -2.32. The Morgan fingerprint density at radius 2 is 2.17 bits per heavy atom. The molecule has 3 rings (SSSR count). The monoisotopic (exact) mass is 531 g/mol. The summed E-state index contributed by atoms with van der Waals surface area (Å²) in [6.07, 6.45) is 6.21. The molecule has 0 spiro atoms. The Bertz CT molecular complexity index is 590. The zero-order valence-corrected chi connectivity index (χ0v) is 20.6. The van der Waals surface area contributed by atoms with Crippen LogP contribution in [0.5, 0.6) is 0 Å². The Morgan fingerprint density at radius 1 is 1.30 bits per heavy atom. The third kappa shape index (κ3) is 9.45. The van der Waals surface area contributed by atoms with Gasteiger partial charge in [-0.25, -0.2) is 0 Å². The fourth-order valence-corrected chi connectivity index (χ4v) is 3.79. The lowest BCUT2D eigenvalue weighted by atomic mass is 10.0. The van der Waals surface area contributed by atoms with Gasteiger partial charge in [0.15, 0.2) is 5.96 Å². The third-order valence-electron chi connectivity index (χ3n) is 5.48. The van der Waals surface area contributed by atoms with Crippen LogP contribution in [0.3, 0.4) is 0 Å². The van der Waals surface area contributed by atoms with Gasteiger partial charge in [0.2, 0.25) is 0 Å². The number of nitrogens with zero attached hydrogens (tertiary/aromatic N) is 3. The Kier molecular flexibility index (Phi) is 12.6. The molecule has 0 radical (unpaired) electrons. The normalized spacial score (nSPS) is 20.7. The summed E-state index contributed by atoms with van der Waals surface area (Å²) in [4.78, 5) is 11.7. The summed E-state index contributed by atoms with van der Waals surface area (Å²) in [7, 11) is 0. The van der Waals surface area contributed by atoms with Gasteiger partial charge in [-0.15, -0.1) is 24.0 Å². The standard InChI is InChI=1S/C22H37N5O2.HI/c1-2-23-22(25-11-5-14-28-17-19-9-15-29-18-19)26-20-7-12-27(13-8-20)16-21-6-3-4-10-24-21;/h3-4,6,10,19-20H,2,5,7-9,11-18H2,1H3,(H2,23,25,26);1H. The van der Waals surface area contributed by atoms with Gasteiger partial charge in [0, 0.05) is 64.1 Å².